The van der Waals surface area contributed by atoms with Crippen LogP contribution in [0.4, 0.5) is 10.5 Å². The third-order valence-corrected chi connectivity index (χ3v) is 4.63. The number of primary amides is 1. The molecular formula is C19H31N3O5S. The Kier molecular flexibility index (Phi) is 11.6. The number of thioether (sulfide) groups is 1. The van der Waals surface area contributed by atoms with Crippen LogP contribution in [-0.2, 0) is 14.3 Å². The van der Waals surface area contributed by atoms with E-state index in [2.05, 4.69) is 5.32 Å². The standard InChI is InChI=1S/C19H31N3O5S/c1-14(2)27-10-9-26-13-15(23)12-22(3)19(25)21-16-6-4-5-7-17(16)28-11-8-18(20)24/h4-7,14-15,23H,8-13H2,1-3H3,(H2,20,24)(H,21,25). The largest absolute Gasteiger partial charge is 0.389 e. The SMILES string of the molecule is CC(C)OCCOCC(O)CN(C)C(=O)Nc1ccccc1SCCC(N)=O. The highest BCUT2D eigenvalue weighted by molar-refractivity contribution is 7.99. The van der Waals surface area contributed by atoms with E-state index >= 15 is 0 Å². The fourth-order valence-corrected chi connectivity index (χ4v) is 3.15. The lowest BCUT2D eigenvalue weighted by molar-refractivity contribution is -0.117. The number of anilines is 1. The van der Waals surface area contributed by atoms with Crippen LogP contribution in [0.1, 0.15) is 20.3 Å². The minimum atomic E-state index is -0.796. The van der Waals surface area contributed by atoms with Crippen molar-refractivity contribution in [1.82, 2.24) is 4.90 Å². The summed E-state index contributed by atoms with van der Waals surface area (Å²) in [5, 5.41) is 12.9. The number of hydrogen-bond acceptors (Lipinski definition) is 6. The van der Waals surface area contributed by atoms with Gasteiger partial charge in [0.1, 0.15) is 0 Å². The summed E-state index contributed by atoms with van der Waals surface area (Å²) >= 11 is 1.45. The first-order valence-corrected chi connectivity index (χ1v) is 10.2. The van der Waals surface area contributed by atoms with Crippen LogP contribution in [0.25, 0.3) is 0 Å². The monoisotopic (exact) mass is 413 g/mol. The second-order valence-corrected chi connectivity index (χ2v) is 7.66. The zero-order chi connectivity index (χ0) is 20.9. The first-order valence-electron chi connectivity index (χ1n) is 9.19. The first-order chi connectivity index (χ1) is 13.3. The number of aliphatic hydroxyl groups is 1. The van der Waals surface area contributed by atoms with Gasteiger partial charge in [0.05, 0.1) is 44.3 Å². The van der Waals surface area contributed by atoms with Gasteiger partial charge in [-0.1, -0.05) is 12.1 Å². The molecule has 0 aromatic heterocycles. The van der Waals surface area contributed by atoms with Crippen molar-refractivity contribution in [1.29, 1.82) is 0 Å². The third-order valence-electron chi connectivity index (χ3n) is 3.56. The van der Waals surface area contributed by atoms with Crippen LogP contribution in [0.5, 0.6) is 0 Å². The first kappa shape index (κ1) is 24.2. The van der Waals surface area contributed by atoms with Crippen molar-refractivity contribution in [2.24, 2.45) is 5.73 Å². The Morgan fingerprint density at radius 1 is 1.29 bits per heavy atom. The van der Waals surface area contributed by atoms with E-state index in [9.17, 15) is 14.7 Å². The number of urea groups is 1. The molecule has 0 saturated heterocycles. The van der Waals surface area contributed by atoms with Crippen molar-refractivity contribution >= 4 is 29.4 Å². The van der Waals surface area contributed by atoms with Crippen molar-refractivity contribution in [2.45, 2.75) is 37.4 Å². The molecule has 0 aliphatic rings. The molecule has 8 nitrogen and oxygen atoms in total. The molecule has 9 heteroatoms. The zero-order valence-electron chi connectivity index (χ0n) is 16.7. The summed E-state index contributed by atoms with van der Waals surface area (Å²) in [6, 6.07) is 6.98. The number of hydrogen-bond donors (Lipinski definition) is 3. The van der Waals surface area contributed by atoms with Crippen LogP contribution in [-0.4, -0.2) is 73.3 Å². The molecule has 1 atom stereocenters. The van der Waals surface area contributed by atoms with Gasteiger partial charge >= 0.3 is 6.03 Å². The summed E-state index contributed by atoms with van der Waals surface area (Å²) in [6.45, 7) is 4.99. The summed E-state index contributed by atoms with van der Waals surface area (Å²) in [7, 11) is 1.60. The number of nitrogens with two attached hydrogens (primary N) is 1. The maximum absolute atomic E-state index is 12.4. The van der Waals surface area contributed by atoms with Crippen molar-refractivity contribution in [2.75, 3.05) is 44.5 Å². The third kappa shape index (κ3) is 10.5. The van der Waals surface area contributed by atoms with Gasteiger partial charge in [0.15, 0.2) is 0 Å². The number of nitrogens with zero attached hydrogens (tertiary/aromatic N) is 1. The smallest absolute Gasteiger partial charge is 0.321 e. The predicted molar refractivity (Wildman–Crippen MR) is 111 cm³/mol. The zero-order valence-corrected chi connectivity index (χ0v) is 17.5. The van der Waals surface area contributed by atoms with E-state index in [4.69, 9.17) is 15.2 Å². The van der Waals surface area contributed by atoms with E-state index in [1.165, 1.54) is 16.7 Å². The quantitative estimate of drug-likeness (QED) is 0.336. The van der Waals surface area contributed by atoms with Gasteiger partial charge in [-0.3, -0.25) is 4.79 Å². The molecule has 0 aliphatic heterocycles. The summed E-state index contributed by atoms with van der Waals surface area (Å²) in [4.78, 5) is 25.5. The van der Waals surface area contributed by atoms with Gasteiger partial charge in [-0.05, 0) is 26.0 Å². The van der Waals surface area contributed by atoms with Crippen LogP contribution < -0.4 is 11.1 Å². The van der Waals surface area contributed by atoms with Gasteiger partial charge in [-0.15, -0.1) is 11.8 Å². The molecule has 1 unspecified atom stereocenters. The molecule has 0 bridgehead atoms. The fourth-order valence-electron chi connectivity index (χ4n) is 2.18. The average Bonchev–Trinajstić information content (AvgIpc) is 2.62. The number of para-hydroxylation sites is 1. The van der Waals surface area contributed by atoms with E-state index in [0.29, 0.717) is 24.7 Å². The summed E-state index contributed by atoms with van der Waals surface area (Å²) in [5.41, 5.74) is 5.80. The van der Waals surface area contributed by atoms with Gasteiger partial charge in [0.25, 0.3) is 0 Å². The molecular weight excluding hydrogens is 382 g/mol. The van der Waals surface area contributed by atoms with Crippen molar-refractivity contribution in [3.8, 4) is 0 Å². The molecule has 1 rings (SSSR count). The Labute approximate surface area is 170 Å². The second-order valence-electron chi connectivity index (χ2n) is 6.52. The number of carbonyl (C=O) groups is 2. The summed E-state index contributed by atoms with van der Waals surface area (Å²) < 4.78 is 10.7. The number of aliphatic hydroxyl groups excluding tert-OH is 1. The van der Waals surface area contributed by atoms with Gasteiger partial charge in [0.2, 0.25) is 5.91 Å². The number of ether oxygens (including phenoxy) is 2. The molecule has 28 heavy (non-hydrogen) atoms. The molecule has 158 valence electrons. The maximum atomic E-state index is 12.4. The van der Waals surface area contributed by atoms with Crippen molar-refractivity contribution in [3.05, 3.63) is 24.3 Å². The summed E-state index contributed by atoms with van der Waals surface area (Å²) in [6.07, 6.45) is -0.392. The van der Waals surface area contributed by atoms with Crippen LogP contribution in [0.2, 0.25) is 0 Å². The molecule has 4 N–H and O–H groups in total. The number of rotatable bonds is 13. The summed E-state index contributed by atoms with van der Waals surface area (Å²) in [5.74, 6) is 0.176. The number of benzene rings is 1. The van der Waals surface area contributed by atoms with Crippen LogP contribution in [0.15, 0.2) is 29.2 Å². The van der Waals surface area contributed by atoms with Gasteiger partial charge < -0.3 is 30.5 Å². The molecule has 0 radical (unpaired) electrons. The lowest BCUT2D eigenvalue weighted by Gasteiger charge is -2.22. The second kappa shape index (κ2) is 13.4. The minimum Gasteiger partial charge on any atom is -0.389 e. The van der Waals surface area contributed by atoms with E-state index < -0.39 is 6.10 Å². The van der Waals surface area contributed by atoms with E-state index in [1.54, 1.807) is 13.1 Å². The Balaban J connectivity index is 2.42. The highest BCUT2D eigenvalue weighted by atomic mass is 32.2. The Morgan fingerprint density at radius 3 is 2.68 bits per heavy atom. The number of likely N-dealkylation sites (N-methyl/N-ethyl adjacent to an activating group) is 1. The maximum Gasteiger partial charge on any atom is 0.321 e. The Morgan fingerprint density at radius 2 is 2.00 bits per heavy atom. The average molecular weight is 414 g/mol. The Hall–Kier alpha value is -1.81. The Bertz CT molecular complexity index is 615. The van der Waals surface area contributed by atoms with Crippen molar-refractivity contribution < 1.29 is 24.2 Å². The molecule has 0 saturated carbocycles. The number of amides is 3. The normalized spacial score (nSPS) is 12.0. The molecule has 0 aliphatic carbocycles. The number of carbonyl (C=O) groups excluding carboxylic acids is 2. The minimum absolute atomic E-state index is 0.124. The van der Waals surface area contributed by atoms with Gasteiger partial charge in [-0.25, -0.2) is 4.79 Å². The number of nitrogens with one attached hydrogen (secondary N) is 1. The highest BCUT2D eigenvalue weighted by Crippen LogP contribution is 2.27. The van der Waals surface area contributed by atoms with Gasteiger partial charge in [-0.2, -0.15) is 0 Å². The van der Waals surface area contributed by atoms with Gasteiger partial charge in [0, 0.05) is 24.1 Å². The molecule has 1 aromatic rings. The van der Waals surface area contributed by atoms with Crippen molar-refractivity contribution in [3.63, 3.8) is 0 Å². The molecule has 1 aromatic carbocycles. The highest BCUT2D eigenvalue weighted by Gasteiger charge is 2.15. The van der Waals surface area contributed by atoms with E-state index in [0.717, 1.165) is 4.90 Å². The lowest BCUT2D eigenvalue weighted by Crippen LogP contribution is -2.39. The van der Waals surface area contributed by atoms with Crippen LogP contribution >= 0.6 is 11.8 Å². The molecule has 0 spiro atoms. The topological polar surface area (TPSA) is 114 Å². The molecule has 0 heterocycles. The van der Waals surface area contributed by atoms with Crippen LogP contribution in [0.3, 0.4) is 0 Å². The van der Waals surface area contributed by atoms with E-state index in [1.807, 2.05) is 32.0 Å². The molecule has 3 amide bonds. The fraction of sp³-hybridized carbons (Fsp3) is 0.579. The predicted octanol–water partition coefficient (Wildman–Crippen LogP) is 1.92. The van der Waals surface area contributed by atoms with Crippen LogP contribution in [0, 0.1) is 0 Å². The molecule has 0 fully saturated rings. The van der Waals surface area contributed by atoms with E-state index in [-0.39, 0.29) is 37.6 Å². The lowest BCUT2D eigenvalue weighted by atomic mass is 10.3.